The molecule has 2 amide bonds. The van der Waals surface area contributed by atoms with Gasteiger partial charge in [0.05, 0.1) is 23.9 Å². The molecular formula is C21H22N4O2S. The largest absolute Gasteiger partial charge is 0.337 e. The minimum absolute atomic E-state index is 0.00813. The predicted molar refractivity (Wildman–Crippen MR) is 109 cm³/mol. The van der Waals surface area contributed by atoms with E-state index in [0.717, 1.165) is 16.1 Å². The summed E-state index contributed by atoms with van der Waals surface area (Å²) in [6.07, 6.45) is 4.63. The number of nitrogens with zero attached hydrogens (tertiary/aromatic N) is 4. The topological polar surface area (TPSA) is 77.3 Å². The number of carbonyl (C=O) groups excluding carboxylic acids is 2. The first kappa shape index (κ1) is 19.9. The molecule has 3 rings (SSSR count). The van der Waals surface area contributed by atoms with Crippen LogP contribution in [0.5, 0.6) is 0 Å². The van der Waals surface area contributed by atoms with Crippen molar-refractivity contribution in [3.8, 4) is 6.07 Å². The Morgan fingerprint density at radius 1 is 1.29 bits per heavy atom. The summed E-state index contributed by atoms with van der Waals surface area (Å²) in [5, 5.41) is 8.88. The highest BCUT2D eigenvalue weighted by Crippen LogP contribution is 2.34. The lowest BCUT2D eigenvalue weighted by Crippen LogP contribution is -2.37. The van der Waals surface area contributed by atoms with Gasteiger partial charge in [-0.25, -0.2) is 0 Å². The van der Waals surface area contributed by atoms with Crippen molar-refractivity contribution in [1.29, 1.82) is 5.26 Å². The second-order valence-corrected chi connectivity index (χ2v) is 7.51. The van der Waals surface area contributed by atoms with Gasteiger partial charge in [0.2, 0.25) is 11.8 Å². The van der Waals surface area contributed by atoms with Crippen molar-refractivity contribution in [2.45, 2.75) is 30.7 Å². The van der Waals surface area contributed by atoms with Gasteiger partial charge in [-0.2, -0.15) is 5.26 Å². The average molecular weight is 395 g/mol. The third-order valence-electron chi connectivity index (χ3n) is 4.52. The van der Waals surface area contributed by atoms with E-state index in [4.69, 9.17) is 5.26 Å². The van der Waals surface area contributed by atoms with E-state index in [0.29, 0.717) is 44.6 Å². The second-order valence-electron chi connectivity index (χ2n) is 6.49. The molecule has 7 heteroatoms. The Morgan fingerprint density at radius 2 is 2.14 bits per heavy atom. The summed E-state index contributed by atoms with van der Waals surface area (Å²) in [6, 6.07) is 13.7. The van der Waals surface area contributed by atoms with E-state index in [1.54, 1.807) is 34.0 Å². The molecule has 1 aliphatic rings. The highest BCUT2D eigenvalue weighted by atomic mass is 32.2. The fourth-order valence-corrected chi connectivity index (χ4v) is 4.07. The van der Waals surface area contributed by atoms with E-state index in [-0.39, 0.29) is 11.8 Å². The third kappa shape index (κ3) is 5.11. The van der Waals surface area contributed by atoms with Gasteiger partial charge in [-0.3, -0.25) is 14.6 Å². The first-order valence-corrected chi connectivity index (χ1v) is 10.2. The van der Waals surface area contributed by atoms with Crippen molar-refractivity contribution in [2.24, 2.45) is 0 Å². The molecular weight excluding hydrogens is 372 g/mol. The van der Waals surface area contributed by atoms with Crippen molar-refractivity contribution >= 4 is 29.3 Å². The highest BCUT2D eigenvalue weighted by molar-refractivity contribution is 8.00. The molecule has 0 saturated carbocycles. The van der Waals surface area contributed by atoms with Crippen LogP contribution >= 0.6 is 11.8 Å². The number of fused-ring (bicyclic) bond motifs is 1. The minimum atomic E-state index is -0.00813. The minimum Gasteiger partial charge on any atom is -0.337 e. The quantitative estimate of drug-likeness (QED) is 0.687. The van der Waals surface area contributed by atoms with Crippen molar-refractivity contribution in [3.63, 3.8) is 0 Å². The summed E-state index contributed by atoms with van der Waals surface area (Å²) in [7, 11) is 0. The van der Waals surface area contributed by atoms with Gasteiger partial charge in [0.25, 0.3) is 0 Å². The molecule has 0 saturated heterocycles. The van der Waals surface area contributed by atoms with E-state index in [9.17, 15) is 9.59 Å². The lowest BCUT2D eigenvalue weighted by atomic mass is 10.2. The molecule has 0 bridgehead atoms. The van der Waals surface area contributed by atoms with Gasteiger partial charge in [-0.1, -0.05) is 18.2 Å². The standard InChI is InChI=1S/C21H22N4O2S/c22-10-5-12-24(15-17-6-3-11-23-14-17)20(26)9-4-13-25-18-7-1-2-8-19(18)28-16-21(25)27/h1-3,6-8,11,14H,4-5,9,12-13,15-16H2. The first-order valence-electron chi connectivity index (χ1n) is 9.25. The normalized spacial score (nSPS) is 13.0. The predicted octanol–water partition coefficient (Wildman–Crippen LogP) is 3.24. The summed E-state index contributed by atoms with van der Waals surface area (Å²) in [5.74, 6) is 0.499. The van der Waals surface area contributed by atoms with Crippen LogP contribution in [0.1, 0.15) is 24.8 Å². The SMILES string of the molecule is N#CCCN(Cc1cccnc1)C(=O)CCCN1C(=O)CSc2ccccc21. The first-order chi connectivity index (χ1) is 13.7. The molecule has 1 aromatic carbocycles. The molecule has 0 N–H and O–H groups in total. The molecule has 1 aromatic heterocycles. The molecule has 144 valence electrons. The monoisotopic (exact) mass is 394 g/mol. The number of nitriles is 1. The smallest absolute Gasteiger partial charge is 0.237 e. The molecule has 2 heterocycles. The van der Waals surface area contributed by atoms with E-state index in [2.05, 4.69) is 11.1 Å². The zero-order chi connectivity index (χ0) is 19.8. The number of amides is 2. The molecule has 0 aliphatic carbocycles. The van der Waals surface area contributed by atoms with Gasteiger partial charge in [0, 0.05) is 43.3 Å². The lowest BCUT2D eigenvalue weighted by Gasteiger charge is -2.29. The maximum absolute atomic E-state index is 12.7. The maximum Gasteiger partial charge on any atom is 0.237 e. The Kier molecular flexibility index (Phi) is 7.04. The van der Waals surface area contributed by atoms with Crippen LogP contribution in [0.4, 0.5) is 5.69 Å². The number of para-hydroxylation sites is 1. The average Bonchev–Trinajstić information content (AvgIpc) is 2.73. The number of thioether (sulfide) groups is 1. The van der Waals surface area contributed by atoms with Crippen LogP contribution in [-0.2, 0) is 16.1 Å². The van der Waals surface area contributed by atoms with Crippen LogP contribution in [0.25, 0.3) is 0 Å². The molecule has 0 unspecified atom stereocenters. The van der Waals surface area contributed by atoms with Crippen LogP contribution in [0.15, 0.2) is 53.7 Å². The van der Waals surface area contributed by atoms with Crippen LogP contribution in [-0.4, -0.2) is 40.5 Å². The lowest BCUT2D eigenvalue weighted by molar-refractivity contribution is -0.132. The Bertz CT molecular complexity index is 866. The molecule has 6 nitrogen and oxygen atoms in total. The zero-order valence-corrected chi connectivity index (χ0v) is 16.4. The van der Waals surface area contributed by atoms with Gasteiger partial charge in [-0.15, -0.1) is 11.8 Å². The van der Waals surface area contributed by atoms with Crippen LogP contribution in [0.2, 0.25) is 0 Å². The molecule has 0 atom stereocenters. The molecule has 28 heavy (non-hydrogen) atoms. The Hall–Kier alpha value is -2.85. The summed E-state index contributed by atoms with van der Waals surface area (Å²) < 4.78 is 0. The Morgan fingerprint density at radius 3 is 2.93 bits per heavy atom. The summed E-state index contributed by atoms with van der Waals surface area (Å²) in [6.45, 7) is 1.35. The summed E-state index contributed by atoms with van der Waals surface area (Å²) in [5.41, 5.74) is 1.86. The van der Waals surface area contributed by atoms with Crippen molar-refractivity contribution in [1.82, 2.24) is 9.88 Å². The molecule has 0 fully saturated rings. The number of aromatic nitrogens is 1. The maximum atomic E-state index is 12.7. The van der Waals surface area contributed by atoms with Crippen molar-refractivity contribution < 1.29 is 9.59 Å². The zero-order valence-electron chi connectivity index (χ0n) is 15.6. The van der Waals surface area contributed by atoms with Crippen LogP contribution in [0.3, 0.4) is 0 Å². The summed E-state index contributed by atoms with van der Waals surface area (Å²) >= 11 is 1.55. The molecule has 0 spiro atoms. The third-order valence-corrected chi connectivity index (χ3v) is 5.57. The van der Waals surface area contributed by atoms with E-state index in [1.165, 1.54) is 0 Å². The van der Waals surface area contributed by atoms with E-state index < -0.39 is 0 Å². The fraction of sp³-hybridized carbons (Fsp3) is 0.333. The molecule has 1 aliphatic heterocycles. The summed E-state index contributed by atoms with van der Waals surface area (Å²) in [4.78, 5) is 33.7. The van der Waals surface area contributed by atoms with Gasteiger partial charge in [0.15, 0.2) is 0 Å². The molecule has 2 aromatic rings. The van der Waals surface area contributed by atoms with Crippen molar-refractivity contribution in [3.05, 3.63) is 54.4 Å². The number of hydrogen-bond acceptors (Lipinski definition) is 5. The second kappa shape index (κ2) is 9.90. The molecule has 0 radical (unpaired) electrons. The number of rotatable bonds is 8. The number of pyridine rings is 1. The van der Waals surface area contributed by atoms with E-state index >= 15 is 0 Å². The number of anilines is 1. The fourth-order valence-electron chi connectivity index (χ4n) is 3.13. The van der Waals surface area contributed by atoms with Crippen molar-refractivity contribution in [2.75, 3.05) is 23.7 Å². The number of carbonyl (C=O) groups is 2. The highest BCUT2D eigenvalue weighted by Gasteiger charge is 2.24. The van der Waals surface area contributed by atoms with Gasteiger partial charge >= 0.3 is 0 Å². The Labute approximate surface area is 169 Å². The number of hydrogen-bond donors (Lipinski definition) is 0. The van der Waals surface area contributed by atoms with Crippen LogP contribution in [0, 0.1) is 11.3 Å². The van der Waals surface area contributed by atoms with Gasteiger partial charge in [0.1, 0.15) is 0 Å². The Balaban J connectivity index is 1.58. The number of benzene rings is 1. The van der Waals surface area contributed by atoms with Crippen LogP contribution < -0.4 is 4.90 Å². The van der Waals surface area contributed by atoms with E-state index in [1.807, 2.05) is 36.4 Å². The van der Waals surface area contributed by atoms with Gasteiger partial charge in [-0.05, 0) is 30.2 Å². The van der Waals surface area contributed by atoms with Gasteiger partial charge < -0.3 is 9.80 Å².